The fourth-order valence-electron chi connectivity index (χ4n) is 1.23. The molecule has 0 heterocycles. The van der Waals surface area contributed by atoms with Crippen LogP contribution in [-0.4, -0.2) is 23.7 Å². The molecule has 1 aromatic rings. The summed E-state index contributed by atoms with van der Waals surface area (Å²) in [4.78, 5) is 10.6. The Labute approximate surface area is 88.7 Å². The Kier molecular flexibility index (Phi) is 4.27. The number of aliphatic hydroxyl groups excluding tert-OH is 1. The summed E-state index contributed by atoms with van der Waals surface area (Å²) in [5.41, 5.74) is 6.60. The lowest BCUT2D eigenvalue weighted by Gasteiger charge is -2.08. The highest BCUT2D eigenvalue weighted by molar-refractivity contribution is 5.69. The Bertz CT molecular complexity index is 321. The molecule has 15 heavy (non-hydrogen) atoms. The van der Waals surface area contributed by atoms with E-state index in [9.17, 15) is 4.79 Å². The molecular formula is C11H15NO3. The molecule has 0 aromatic heterocycles. The van der Waals surface area contributed by atoms with Gasteiger partial charge in [-0.2, -0.15) is 0 Å². The first kappa shape index (κ1) is 11.7. The highest BCUT2D eigenvalue weighted by atomic mass is 16.5. The van der Waals surface area contributed by atoms with E-state index < -0.39 is 0 Å². The van der Waals surface area contributed by atoms with Gasteiger partial charge in [0.05, 0.1) is 6.61 Å². The summed E-state index contributed by atoms with van der Waals surface area (Å²) in [6.45, 7) is 1.32. The van der Waals surface area contributed by atoms with Gasteiger partial charge in [-0.1, -0.05) is 12.1 Å². The van der Waals surface area contributed by atoms with Crippen molar-refractivity contribution in [2.45, 2.75) is 19.4 Å². The van der Waals surface area contributed by atoms with Gasteiger partial charge in [0.25, 0.3) is 0 Å². The Morgan fingerprint density at radius 1 is 1.47 bits per heavy atom. The highest BCUT2D eigenvalue weighted by Crippen LogP contribution is 2.13. The number of carbonyl (C=O) groups is 1. The van der Waals surface area contributed by atoms with E-state index in [1.54, 1.807) is 12.1 Å². The number of carbonyl (C=O) groups excluding carboxylic acids is 1. The van der Waals surface area contributed by atoms with E-state index in [0.29, 0.717) is 12.2 Å². The monoisotopic (exact) mass is 209 g/mol. The molecule has 0 aliphatic heterocycles. The maximum Gasteiger partial charge on any atom is 0.308 e. The van der Waals surface area contributed by atoms with Crippen molar-refractivity contribution in [1.82, 2.24) is 0 Å². The average molecular weight is 209 g/mol. The zero-order valence-corrected chi connectivity index (χ0v) is 8.64. The molecule has 0 unspecified atom stereocenters. The van der Waals surface area contributed by atoms with Crippen LogP contribution in [-0.2, 0) is 11.2 Å². The SMILES string of the molecule is CC(=O)Oc1ccc(C[C@H](N)CO)cc1. The predicted molar refractivity (Wildman–Crippen MR) is 56.5 cm³/mol. The molecule has 1 atom stereocenters. The first-order chi connectivity index (χ1) is 7.11. The van der Waals surface area contributed by atoms with Gasteiger partial charge in [-0.15, -0.1) is 0 Å². The zero-order chi connectivity index (χ0) is 11.3. The summed E-state index contributed by atoms with van der Waals surface area (Å²) in [7, 11) is 0. The lowest BCUT2D eigenvalue weighted by Crippen LogP contribution is -2.26. The Morgan fingerprint density at radius 3 is 2.53 bits per heavy atom. The van der Waals surface area contributed by atoms with Gasteiger partial charge in [-0.05, 0) is 24.1 Å². The number of hydrogen-bond acceptors (Lipinski definition) is 4. The van der Waals surface area contributed by atoms with E-state index in [0.717, 1.165) is 5.56 Å². The van der Waals surface area contributed by atoms with Crippen LogP contribution in [0.15, 0.2) is 24.3 Å². The van der Waals surface area contributed by atoms with E-state index >= 15 is 0 Å². The molecule has 3 N–H and O–H groups in total. The van der Waals surface area contributed by atoms with Crippen molar-refractivity contribution in [2.24, 2.45) is 5.73 Å². The van der Waals surface area contributed by atoms with Crippen LogP contribution >= 0.6 is 0 Å². The third-order valence-corrected chi connectivity index (χ3v) is 1.92. The molecule has 4 heteroatoms. The van der Waals surface area contributed by atoms with E-state index in [4.69, 9.17) is 15.6 Å². The number of hydrogen-bond donors (Lipinski definition) is 2. The van der Waals surface area contributed by atoms with E-state index in [-0.39, 0.29) is 18.6 Å². The molecule has 0 saturated heterocycles. The molecule has 1 rings (SSSR count). The first-order valence-electron chi connectivity index (χ1n) is 4.75. The summed E-state index contributed by atoms with van der Waals surface area (Å²) in [5.74, 6) is 0.179. The van der Waals surface area contributed by atoms with Crippen LogP contribution in [0.5, 0.6) is 5.75 Å². The van der Waals surface area contributed by atoms with Gasteiger partial charge in [0, 0.05) is 13.0 Å². The number of aliphatic hydroxyl groups is 1. The minimum atomic E-state index is -0.338. The average Bonchev–Trinajstić information content (AvgIpc) is 2.20. The smallest absolute Gasteiger partial charge is 0.308 e. The topological polar surface area (TPSA) is 72.5 Å². The summed E-state index contributed by atoms with van der Waals surface area (Å²) < 4.78 is 4.88. The number of esters is 1. The van der Waals surface area contributed by atoms with Gasteiger partial charge in [0.2, 0.25) is 0 Å². The maximum atomic E-state index is 10.6. The molecule has 1 aromatic carbocycles. The van der Waals surface area contributed by atoms with E-state index in [1.165, 1.54) is 6.92 Å². The van der Waals surface area contributed by atoms with Crippen LogP contribution in [0.2, 0.25) is 0 Å². The summed E-state index contributed by atoms with van der Waals surface area (Å²) in [6.07, 6.45) is 0.608. The second kappa shape index (κ2) is 5.48. The van der Waals surface area contributed by atoms with Crippen molar-refractivity contribution in [3.8, 4) is 5.75 Å². The van der Waals surface area contributed by atoms with E-state index in [2.05, 4.69) is 0 Å². The summed E-state index contributed by atoms with van der Waals surface area (Å²) in [5, 5.41) is 8.78. The molecule has 0 saturated carbocycles. The van der Waals surface area contributed by atoms with Gasteiger partial charge >= 0.3 is 5.97 Å². The van der Waals surface area contributed by atoms with Gasteiger partial charge in [-0.25, -0.2) is 0 Å². The molecule has 0 aliphatic rings. The second-order valence-electron chi connectivity index (χ2n) is 3.38. The lowest BCUT2D eigenvalue weighted by atomic mass is 10.1. The molecule has 82 valence electrons. The minimum Gasteiger partial charge on any atom is -0.427 e. The third-order valence-electron chi connectivity index (χ3n) is 1.92. The van der Waals surface area contributed by atoms with Crippen molar-refractivity contribution < 1.29 is 14.6 Å². The molecule has 0 bridgehead atoms. The molecule has 0 radical (unpaired) electrons. The maximum absolute atomic E-state index is 10.6. The number of ether oxygens (including phenoxy) is 1. The van der Waals surface area contributed by atoms with Crippen LogP contribution in [0.4, 0.5) is 0 Å². The third kappa shape index (κ3) is 4.10. The highest BCUT2D eigenvalue weighted by Gasteiger charge is 2.03. The molecule has 0 fully saturated rings. The molecule has 0 spiro atoms. The lowest BCUT2D eigenvalue weighted by molar-refractivity contribution is -0.131. The van der Waals surface area contributed by atoms with Crippen molar-refractivity contribution in [3.05, 3.63) is 29.8 Å². The predicted octanol–water partition coefficient (Wildman–Crippen LogP) is 0.474. The summed E-state index contributed by atoms with van der Waals surface area (Å²) in [6, 6.07) is 6.83. The van der Waals surface area contributed by atoms with Crippen LogP contribution in [0, 0.1) is 0 Å². The second-order valence-corrected chi connectivity index (χ2v) is 3.38. The zero-order valence-electron chi connectivity index (χ0n) is 8.64. The molecule has 0 amide bonds. The van der Waals surface area contributed by atoms with Gasteiger partial charge in [0.15, 0.2) is 0 Å². The Hall–Kier alpha value is -1.39. The standard InChI is InChI=1S/C11H15NO3/c1-8(14)15-11-4-2-9(3-5-11)6-10(12)7-13/h2-5,10,13H,6-7,12H2,1H3/t10-/m0/s1. The van der Waals surface area contributed by atoms with Crippen molar-refractivity contribution in [1.29, 1.82) is 0 Å². The normalized spacial score (nSPS) is 12.2. The van der Waals surface area contributed by atoms with Crippen LogP contribution < -0.4 is 10.5 Å². The summed E-state index contributed by atoms with van der Waals surface area (Å²) >= 11 is 0. The van der Waals surface area contributed by atoms with Gasteiger partial charge in [-0.3, -0.25) is 4.79 Å². The number of rotatable bonds is 4. The number of nitrogens with two attached hydrogens (primary N) is 1. The first-order valence-corrected chi connectivity index (χ1v) is 4.75. The Morgan fingerprint density at radius 2 is 2.07 bits per heavy atom. The molecular weight excluding hydrogens is 194 g/mol. The largest absolute Gasteiger partial charge is 0.427 e. The van der Waals surface area contributed by atoms with E-state index in [1.807, 2.05) is 12.1 Å². The Balaban J connectivity index is 2.60. The van der Waals surface area contributed by atoms with Crippen LogP contribution in [0.1, 0.15) is 12.5 Å². The number of benzene rings is 1. The van der Waals surface area contributed by atoms with Crippen LogP contribution in [0.25, 0.3) is 0 Å². The quantitative estimate of drug-likeness (QED) is 0.558. The molecule has 0 aliphatic carbocycles. The van der Waals surface area contributed by atoms with Crippen molar-refractivity contribution in [2.75, 3.05) is 6.61 Å². The van der Waals surface area contributed by atoms with Crippen molar-refractivity contribution in [3.63, 3.8) is 0 Å². The minimum absolute atomic E-state index is 0.0360. The van der Waals surface area contributed by atoms with Crippen molar-refractivity contribution >= 4 is 5.97 Å². The molecule has 4 nitrogen and oxygen atoms in total. The van der Waals surface area contributed by atoms with Gasteiger partial charge in [0.1, 0.15) is 5.75 Å². The fraction of sp³-hybridized carbons (Fsp3) is 0.364. The van der Waals surface area contributed by atoms with Gasteiger partial charge < -0.3 is 15.6 Å². The van der Waals surface area contributed by atoms with Crippen LogP contribution in [0.3, 0.4) is 0 Å². The fourth-order valence-corrected chi connectivity index (χ4v) is 1.23.